The molecule has 0 radical (unpaired) electrons. The maximum absolute atomic E-state index is 12.0. The largest absolute Gasteiger partial charge is 0.276 e. The molecule has 0 aliphatic heterocycles. The van der Waals surface area contributed by atoms with Gasteiger partial charge in [-0.3, -0.25) is 10.1 Å². The molecule has 0 aliphatic carbocycles. The van der Waals surface area contributed by atoms with Gasteiger partial charge in [0.2, 0.25) is 0 Å². The van der Waals surface area contributed by atoms with Crippen LogP contribution in [-0.2, 0) is 10.0 Å². The molecule has 7 nitrogen and oxygen atoms in total. The lowest BCUT2D eigenvalue weighted by Gasteiger charge is -2.03. The van der Waals surface area contributed by atoms with Crippen LogP contribution < -0.4 is 4.83 Å². The Bertz CT molecular complexity index is 831. The maximum Gasteiger partial charge on any atom is 0.276 e. The minimum atomic E-state index is -3.95. The second-order valence-corrected chi connectivity index (χ2v) is 6.12. The number of nitrogens with zero attached hydrogens (tertiary/aromatic N) is 2. The summed E-state index contributed by atoms with van der Waals surface area (Å²) in [6, 6.07) is 12.1. The number of benzene rings is 2. The molecule has 0 atom stereocenters. The van der Waals surface area contributed by atoms with Gasteiger partial charge in [0.05, 0.1) is 16.0 Å². The van der Waals surface area contributed by atoms with Gasteiger partial charge in [-0.1, -0.05) is 30.3 Å². The first kappa shape index (κ1) is 15.6. The lowest BCUT2D eigenvalue weighted by Crippen LogP contribution is -2.18. The minimum Gasteiger partial charge on any atom is -0.258 e. The Morgan fingerprint density at radius 2 is 1.91 bits per heavy atom. The molecular formula is C14H13N3O4S. The number of nitrogens with one attached hydrogen (secondary N) is 1. The van der Waals surface area contributed by atoms with Crippen LogP contribution in [0.15, 0.2) is 58.5 Å². The number of sulfonamides is 1. The first-order valence-electron chi connectivity index (χ1n) is 6.25. The Morgan fingerprint density at radius 1 is 1.18 bits per heavy atom. The molecule has 0 bridgehead atoms. The zero-order chi connectivity index (χ0) is 16.2. The molecule has 0 fully saturated rings. The Morgan fingerprint density at radius 3 is 2.59 bits per heavy atom. The predicted octanol–water partition coefficient (Wildman–Crippen LogP) is 2.22. The number of hydrazone groups is 1. The highest BCUT2D eigenvalue weighted by molar-refractivity contribution is 7.89. The summed E-state index contributed by atoms with van der Waals surface area (Å²) >= 11 is 0. The fraction of sp³-hybridized carbons (Fsp3) is 0.0714. The van der Waals surface area contributed by atoms with Crippen LogP contribution in [0, 0.1) is 17.0 Å². The summed E-state index contributed by atoms with van der Waals surface area (Å²) in [7, 11) is -3.95. The smallest absolute Gasteiger partial charge is 0.258 e. The van der Waals surface area contributed by atoms with Crippen molar-refractivity contribution in [1.29, 1.82) is 0 Å². The lowest BCUT2D eigenvalue weighted by molar-refractivity contribution is -0.385. The third kappa shape index (κ3) is 3.67. The van der Waals surface area contributed by atoms with Crippen LogP contribution in [0.1, 0.15) is 11.1 Å². The Kier molecular flexibility index (Phi) is 4.52. The molecule has 2 rings (SSSR count). The molecule has 2 aromatic carbocycles. The summed E-state index contributed by atoms with van der Waals surface area (Å²) in [6.07, 6.45) is 1.38. The molecule has 1 N–H and O–H groups in total. The van der Waals surface area contributed by atoms with Gasteiger partial charge in [0, 0.05) is 12.1 Å². The molecule has 0 saturated heterocycles. The van der Waals surface area contributed by atoms with E-state index >= 15 is 0 Å². The number of aryl methyl sites for hydroxylation is 1. The van der Waals surface area contributed by atoms with Crippen LogP contribution >= 0.6 is 0 Å². The molecule has 22 heavy (non-hydrogen) atoms. The standard InChI is InChI=1S/C14H13N3O4S/c1-11-5-2-3-6-12(11)10-15-16-22(20,21)14-8-4-7-13(9-14)17(18)19/h2-10,16H,1H3/b15-10+. The van der Waals surface area contributed by atoms with Gasteiger partial charge in [-0.2, -0.15) is 13.5 Å². The van der Waals surface area contributed by atoms with E-state index in [1.165, 1.54) is 24.4 Å². The average Bonchev–Trinajstić information content (AvgIpc) is 2.49. The van der Waals surface area contributed by atoms with Crippen molar-refractivity contribution < 1.29 is 13.3 Å². The van der Waals surface area contributed by atoms with Crippen molar-refractivity contribution in [2.75, 3.05) is 0 Å². The van der Waals surface area contributed by atoms with Crippen molar-refractivity contribution in [2.45, 2.75) is 11.8 Å². The van der Waals surface area contributed by atoms with E-state index in [4.69, 9.17) is 0 Å². The van der Waals surface area contributed by atoms with Gasteiger partial charge in [0.25, 0.3) is 15.7 Å². The molecule has 0 aliphatic rings. The summed E-state index contributed by atoms with van der Waals surface area (Å²) < 4.78 is 24.1. The number of non-ortho nitro benzene ring substituents is 1. The Labute approximate surface area is 127 Å². The van der Waals surface area contributed by atoms with Crippen LogP contribution in [-0.4, -0.2) is 19.6 Å². The number of rotatable bonds is 5. The molecule has 0 amide bonds. The van der Waals surface area contributed by atoms with Crippen LogP contribution in [0.4, 0.5) is 5.69 Å². The van der Waals surface area contributed by atoms with E-state index in [-0.39, 0.29) is 10.6 Å². The number of nitro groups is 1. The summed E-state index contributed by atoms with van der Waals surface area (Å²) in [5.74, 6) is 0. The predicted molar refractivity (Wildman–Crippen MR) is 82.2 cm³/mol. The van der Waals surface area contributed by atoms with E-state index in [0.29, 0.717) is 0 Å². The first-order chi connectivity index (χ1) is 10.4. The molecule has 0 unspecified atom stereocenters. The van der Waals surface area contributed by atoms with E-state index in [9.17, 15) is 18.5 Å². The zero-order valence-corrected chi connectivity index (χ0v) is 12.4. The highest BCUT2D eigenvalue weighted by Gasteiger charge is 2.16. The first-order valence-corrected chi connectivity index (χ1v) is 7.73. The van der Waals surface area contributed by atoms with E-state index < -0.39 is 14.9 Å². The Hall–Kier alpha value is -2.74. The second-order valence-electron chi connectivity index (χ2n) is 4.46. The van der Waals surface area contributed by atoms with Gasteiger partial charge in [0.15, 0.2) is 0 Å². The molecule has 2 aromatic rings. The molecule has 0 saturated carbocycles. The molecule has 0 heterocycles. The van der Waals surface area contributed by atoms with E-state index in [1.54, 1.807) is 6.07 Å². The van der Waals surface area contributed by atoms with Gasteiger partial charge in [-0.15, -0.1) is 0 Å². The van der Waals surface area contributed by atoms with E-state index in [1.807, 2.05) is 30.0 Å². The average molecular weight is 319 g/mol. The van der Waals surface area contributed by atoms with Gasteiger partial charge in [-0.25, -0.2) is 4.83 Å². The third-order valence-corrected chi connectivity index (χ3v) is 4.12. The third-order valence-electron chi connectivity index (χ3n) is 2.90. The van der Waals surface area contributed by atoms with E-state index in [2.05, 4.69) is 5.10 Å². The monoisotopic (exact) mass is 319 g/mol. The fourth-order valence-electron chi connectivity index (χ4n) is 1.71. The maximum atomic E-state index is 12.0. The number of nitro benzene ring substituents is 1. The van der Waals surface area contributed by atoms with Gasteiger partial charge in [0.1, 0.15) is 0 Å². The molecule has 114 valence electrons. The highest BCUT2D eigenvalue weighted by atomic mass is 32.2. The highest BCUT2D eigenvalue weighted by Crippen LogP contribution is 2.17. The quantitative estimate of drug-likeness (QED) is 0.518. The normalized spacial score (nSPS) is 11.5. The SMILES string of the molecule is Cc1ccccc1/C=N/NS(=O)(=O)c1cccc([N+](=O)[O-])c1. The second kappa shape index (κ2) is 6.35. The molecule has 0 spiro atoms. The van der Waals surface area contributed by atoms with Crippen LogP contribution in [0.5, 0.6) is 0 Å². The van der Waals surface area contributed by atoms with Gasteiger partial charge in [-0.05, 0) is 24.1 Å². The van der Waals surface area contributed by atoms with Crippen molar-refractivity contribution in [2.24, 2.45) is 5.10 Å². The topological polar surface area (TPSA) is 102 Å². The van der Waals surface area contributed by atoms with Crippen molar-refractivity contribution in [1.82, 2.24) is 4.83 Å². The van der Waals surface area contributed by atoms with Crippen molar-refractivity contribution in [3.05, 3.63) is 69.8 Å². The van der Waals surface area contributed by atoms with Crippen LogP contribution in [0.25, 0.3) is 0 Å². The van der Waals surface area contributed by atoms with Crippen LogP contribution in [0.2, 0.25) is 0 Å². The number of hydrogen-bond donors (Lipinski definition) is 1. The van der Waals surface area contributed by atoms with Gasteiger partial charge >= 0.3 is 0 Å². The number of hydrogen-bond acceptors (Lipinski definition) is 5. The molecule has 0 aromatic heterocycles. The van der Waals surface area contributed by atoms with Crippen LogP contribution in [0.3, 0.4) is 0 Å². The van der Waals surface area contributed by atoms with Crippen molar-refractivity contribution in [3.8, 4) is 0 Å². The molecule has 8 heteroatoms. The zero-order valence-electron chi connectivity index (χ0n) is 11.6. The van der Waals surface area contributed by atoms with Crippen molar-refractivity contribution in [3.63, 3.8) is 0 Å². The summed E-state index contributed by atoms with van der Waals surface area (Å²) in [6.45, 7) is 1.87. The van der Waals surface area contributed by atoms with E-state index in [0.717, 1.165) is 17.2 Å². The minimum absolute atomic E-state index is 0.219. The summed E-state index contributed by atoms with van der Waals surface area (Å²) in [5, 5.41) is 14.4. The lowest BCUT2D eigenvalue weighted by atomic mass is 10.1. The summed E-state index contributed by atoms with van der Waals surface area (Å²) in [4.78, 5) is 11.8. The molecular weight excluding hydrogens is 306 g/mol. The van der Waals surface area contributed by atoms with Crippen molar-refractivity contribution >= 4 is 21.9 Å². The van der Waals surface area contributed by atoms with Gasteiger partial charge < -0.3 is 0 Å². The summed E-state index contributed by atoms with van der Waals surface area (Å²) in [5.41, 5.74) is 1.41. The Balaban J connectivity index is 2.20. The fourth-order valence-corrected chi connectivity index (χ4v) is 2.54.